The first-order chi connectivity index (χ1) is 28.5. The van der Waals surface area contributed by atoms with Crippen LogP contribution in [0.5, 0.6) is 0 Å². The maximum Gasteiger partial charge on any atom is 0.304 e. The first kappa shape index (κ1) is 43.4. The molecule has 3 N–H and O–H groups in total. The molecule has 60 heavy (non-hydrogen) atoms. The number of amides is 4. The van der Waals surface area contributed by atoms with Gasteiger partial charge in [-0.3, -0.25) is 43.2 Å². The summed E-state index contributed by atoms with van der Waals surface area (Å²) in [7, 11) is 0. The van der Waals surface area contributed by atoms with Gasteiger partial charge in [-0.05, 0) is 24.3 Å². The zero-order valence-corrected chi connectivity index (χ0v) is 32.6. The smallest absolute Gasteiger partial charge is 0.304 e. The third kappa shape index (κ3) is 8.88. The number of hydrogen-bond acceptors (Lipinski definition) is 20. The van der Waals surface area contributed by atoms with E-state index in [1.165, 1.54) is 48.5 Å². The van der Waals surface area contributed by atoms with Gasteiger partial charge in [0.25, 0.3) is 23.6 Å². The number of aliphatic hydroxyl groups excluding tert-OH is 1. The van der Waals surface area contributed by atoms with Gasteiger partial charge in [0.15, 0.2) is 30.7 Å². The molecule has 0 spiro atoms. The van der Waals surface area contributed by atoms with Gasteiger partial charge in [-0.2, -0.15) is 0 Å². The summed E-state index contributed by atoms with van der Waals surface area (Å²) in [5.41, 5.74) is 5.41. The van der Waals surface area contributed by atoms with E-state index in [0.29, 0.717) is 10.0 Å². The highest BCUT2D eigenvalue weighted by atomic mass is 16.7. The van der Waals surface area contributed by atoms with Crippen molar-refractivity contribution in [1.82, 2.24) is 20.9 Å². The van der Waals surface area contributed by atoms with E-state index in [2.05, 4.69) is 10.9 Å². The Morgan fingerprint density at radius 3 is 1.23 bits per heavy atom. The molecular weight excluding hydrogens is 800 g/mol. The third-order valence-electron chi connectivity index (χ3n) is 9.53. The van der Waals surface area contributed by atoms with Crippen LogP contribution in [-0.2, 0) is 61.9 Å². The zero-order chi connectivity index (χ0) is 43.6. The summed E-state index contributed by atoms with van der Waals surface area (Å²) in [6.07, 6.45) is -13.1. The molecule has 4 amide bonds. The van der Waals surface area contributed by atoms with Crippen molar-refractivity contribution < 1.29 is 86.2 Å². The van der Waals surface area contributed by atoms with Crippen molar-refractivity contribution in [2.75, 3.05) is 13.2 Å². The molecule has 2 fully saturated rings. The number of benzene rings is 2. The van der Waals surface area contributed by atoms with E-state index in [0.717, 1.165) is 34.6 Å². The van der Waals surface area contributed by atoms with Crippen molar-refractivity contribution in [2.45, 2.75) is 95.9 Å². The summed E-state index contributed by atoms with van der Waals surface area (Å²) in [5, 5.41) is 11.6. The van der Waals surface area contributed by atoms with E-state index in [-0.39, 0.29) is 22.3 Å². The summed E-state index contributed by atoms with van der Waals surface area (Å²) in [5.74, 6) is -7.88. The molecule has 0 bridgehead atoms. The summed E-state index contributed by atoms with van der Waals surface area (Å²) in [6.45, 7) is 3.52. The number of nitrogens with zero attached hydrogens (tertiary/aromatic N) is 2. The Morgan fingerprint density at radius 2 is 0.867 bits per heavy atom. The molecule has 2 aromatic carbocycles. The summed E-state index contributed by atoms with van der Waals surface area (Å²) in [6, 6.07) is 8.54. The van der Waals surface area contributed by atoms with E-state index in [9.17, 15) is 48.3 Å². The lowest BCUT2D eigenvalue weighted by atomic mass is 9.95. The molecule has 22 nitrogen and oxygen atoms in total. The van der Waals surface area contributed by atoms with Crippen LogP contribution in [0.15, 0.2) is 48.5 Å². The number of carbonyl (C=O) groups is 9. The van der Waals surface area contributed by atoms with Gasteiger partial charge >= 0.3 is 29.8 Å². The van der Waals surface area contributed by atoms with E-state index in [1.54, 1.807) is 0 Å². The van der Waals surface area contributed by atoms with E-state index in [1.807, 2.05) is 0 Å². The zero-order valence-electron chi connectivity index (χ0n) is 32.6. The second kappa shape index (κ2) is 18.0. The Labute approximate surface area is 340 Å². The Bertz CT molecular complexity index is 2020. The molecule has 0 radical (unpaired) electrons. The van der Waals surface area contributed by atoms with Crippen LogP contribution in [0.1, 0.15) is 76.1 Å². The molecule has 0 saturated carbocycles. The lowest BCUT2D eigenvalue weighted by Crippen LogP contribution is -2.70. The lowest BCUT2D eigenvalue weighted by Gasteiger charge is -2.47. The standard InChI is InChI=1S/C38H40N4O18/c1-16(44)54-29-25(14-43)59-37(27(31(29)56-18(3)46)39-41-33(49)21-10-6-7-11-22(21)34(41)50)53-15-26-30(55-17(2)45)32(57-19(4)47)28(38(60-26)58-20(5)48)40-42-35(51)23-12-8-9-13-24(23)36(42)52/h6-13,25-32,37-40,43H,14-15H2,1-5H3/t25-,26-,27-,28-,29-,30-,31-,32-,37-,38?/m1/s1. The second-order valence-corrected chi connectivity index (χ2v) is 13.8. The van der Waals surface area contributed by atoms with E-state index in [4.69, 9.17) is 37.9 Å². The Morgan fingerprint density at radius 1 is 0.533 bits per heavy atom. The summed E-state index contributed by atoms with van der Waals surface area (Å²) >= 11 is 0. The highest BCUT2D eigenvalue weighted by Crippen LogP contribution is 2.33. The SMILES string of the molecule is CC(=O)OC1O[C@H](CO[C@@H]2O[C@H](CO)[C@@H](OC(C)=O)[C@H](OC(C)=O)[C@H]2NN2C(=O)c3ccccc3C2=O)[C@@H](OC(C)=O)[C@H](OC(C)=O)[C@H]1NN1C(=O)c2ccccc2C1=O. The van der Waals surface area contributed by atoms with Crippen LogP contribution in [0, 0.1) is 0 Å². The molecule has 22 heteroatoms. The van der Waals surface area contributed by atoms with Crippen LogP contribution in [0.2, 0.25) is 0 Å². The first-order valence-electron chi connectivity index (χ1n) is 18.4. The van der Waals surface area contributed by atoms with Gasteiger partial charge in [0.05, 0.1) is 35.5 Å². The molecule has 6 rings (SSSR count). The highest BCUT2D eigenvalue weighted by molar-refractivity contribution is 6.21. The molecule has 4 heterocycles. The number of aliphatic hydroxyl groups is 1. The number of fused-ring (bicyclic) bond motifs is 2. The van der Waals surface area contributed by atoms with Crippen LogP contribution in [-0.4, -0.2) is 143 Å². The van der Waals surface area contributed by atoms with Gasteiger partial charge in [-0.15, -0.1) is 0 Å². The fraction of sp³-hybridized carbons (Fsp3) is 0.447. The largest absolute Gasteiger partial charge is 0.457 e. The van der Waals surface area contributed by atoms with Crippen LogP contribution in [0.3, 0.4) is 0 Å². The monoisotopic (exact) mass is 840 g/mol. The molecular formula is C38H40N4O18. The molecule has 0 aliphatic carbocycles. The van der Waals surface area contributed by atoms with Crippen molar-refractivity contribution >= 4 is 53.5 Å². The van der Waals surface area contributed by atoms with Gasteiger partial charge < -0.3 is 43.0 Å². The fourth-order valence-electron chi connectivity index (χ4n) is 7.20. The Hall–Kier alpha value is -6.17. The number of hydrazine groups is 2. The quantitative estimate of drug-likeness (QED) is 0.125. The van der Waals surface area contributed by atoms with E-state index >= 15 is 0 Å². The van der Waals surface area contributed by atoms with Crippen molar-refractivity contribution in [3.8, 4) is 0 Å². The lowest BCUT2D eigenvalue weighted by molar-refractivity contribution is -0.307. The predicted molar refractivity (Wildman–Crippen MR) is 192 cm³/mol. The minimum Gasteiger partial charge on any atom is -0.457 e. The number of ether oxygens (including phenoxy) is 8. The molecule has 4 aliphatic heterocycles. The van der Waals surface area contributed by atoms with Gasteiger partial charge in [0, 0.05) is 34.6 Å². The Balaban J connectivity index is 1.35. The number of imide groups is 2. The Kier molecular flexibility index (Phi) is 13.0. The van der Waals surface area contributed by atoms with Gasteiger partial charge in [0.1, 0.15) is 24.3 Å². The van der Waals surface area contributed by atoms with Crippen molar-refractivity contribution in [1.29, 1.82) is 0 Å². The molecule has 4 aliphatic rings. The number of carbonyl (C=O) groups excluding carboxylic acids is 9. The molecule has 0 aromatic heterocycles. The topological polar surface area (TPSA) is 278 Å². The normalized spacial score (nSPS) is 28.4. The molecule has 10 atom stereocenters. The summed E-state index contributed by atoms with van der Waals surface area (Å²) < 4.78 is 45.8. The third-order valence-corrected chi connectivity index (χ3v) is 9.53. The van der Waals surface area contributed by atoms with Crippen LogP contribution in [0.4, 0.5) is 0 Å². The number of nitrogens with one attached hydrogen (secondary N) is 2. The fourth-order valence-corrected chi connectivity index (χ4v) is 7.20. The summed E-state index contributed by atoms with van der Waals surface area (Å²) in [4.78, 5) is 116. The maximum atomic E-state index is 13.5. The van der Waals surface area contributed by atoms with Crippen LogP contribution in [0.25, 0.3) is 0 Å². The van der Waals surface area contributed by atoms with Gasteiger partial charge in [0.2, 0.25) is 6.29 Å². The second-order valence-electron chi connectivity index (χ2n) is 13.8. The predicted octanol–water partition coefficient (Wildman–Crippen LogP) is -0.926. The first-order valence-corrected chi connectivity index (χ1v) is 18.4. The van der Waals surface area contributed by atoms with Crippen LogP contribution < -0.4 is 10.9 Å². The average molecular weight is 841 g/mol. The minimum absolute atomic E-state index is 0.0234. The number of rotatable bonds is 13. The van der Waals surface area contributed by atoms with Gasteiger partial charge in [-0.25, -0.2) is 20.9 Å². The van der Waals surface area contributed by atoms with Crippen LogP contribution >= 0.6 is 0 Å². The molecule has 2 aromatic rings. The number of hydrogen-bond donors (Lipinski definition) is 3. The minimum atomic E-state index is -1.80. The average Bonchev–Trinajstić information content (AvgIpc) is 3.57. The number of esters is 5. The molecule has 2 saturated heterocycles. The van der Waals surface area contributed by atoms with E-state index < -0.39 is 128 Å². The molecule has 1 unspecified atom stereocenters. The van der Waals surface area contributed by atoms with Gasteiger partial charge in [-0.1, -0.05) is 24.3 Å². The van der Waals surface area contributed by atoms with Crippen molar-refractivity contribution in [3.63, 3.8) is 0 Å². The maximum absolute atomic E-state index is 13.5. The van der Waals surface area contributed by atoms with Crippen molar-refractivity contribution in [3.05, 3.63) is 70.8 Å². The van der Waals surface area contributed by atoms with Crippen molar-refractivity contribution in [2.24, 2.45) is 0 Å². The molecule has 320 valence electrons. The highest BCUT2D eigenvalue weighted by Gasteiger charge is 2.56.